The van der Waals surface area contributed by atoms with Gasteiger partial charge in [-0.15, -0.1) is 0 Å². The Labute approximate surface area is 239 Å². The summed E-state index contributed by atoms with van der Waals surface area (Å²) >= 11 is 12.5. The first kappa shape index (κ1) is 30.3. The molecule has 0 aliphatic carbocycles. The lowest BCUT2D eigenvalue weighted by Crippen LogP contribution is -2.52. The van der Waals surface area contributed by atoms with E-state index in [0.29, 0.717) is 16.3 Å². The zero-order chi connectivity index (χ0) is 28.7. The van der Waals surface area contributed by atoms with Crippen LogP contribution < -0.4 is 14.4 Å². The van der Waals surface area contributed by atoms with Gasteiger partial charge in [-0.05, 0) is 68.8 Å². The van der Waals surface area contributed by atoms with Gasteiger partial charge in [0.2, 0.25) is 11.8 Å². The van der Waals surface area contributed by atoms with E-state index < -0.39 is 28.5 Å². The average molecular weight is 593 g/mol. The van der Waals surface area contributed by atoms with E-state index in [9.17, 15) is 18.0 Å². The molecule has 8 nitrogen and oxygen atoms in total. The molecule has 0 bridgehead atoms. The molecule has 0 saturated carbocycles. The molecular formula is C28H31Cl2N3O5S. The van der Waals surface area contributed by atoms with Crippen molar-refractivity contribution in [1.29, 1.82) is 0 Å². The molecule has 0 spiro atoms. The summed E-state index contributed by atoms with van der Waals surface area (Å²) in [5, 5.41) is 3.46. The highest BCUT2D eigenvalue weighted by molar-refractivity contribution is 7.92. The first-order chi connectivity index (χ1) is 18.4. The highest BCUT2D eigenvalue weighted by atomic mass is 35.5. The summed E-state index contributed by atoms with van der Waals surface area (Å²) in [7, 11) is -2.75. The fourth-order valence-electron chi connectivity index (χ4n) is 3.88. The number of sulfonamides is 1. The van der Waals surface area contributed by atoms with Crippen molar-refractivity contribution in [3.63, 3.8) is 0 Å². The number of carbonyl (C=O) groups is 2. The average Bonchev–Trinajstić information content (AvgIpc) is 2.90. The van der Waals surface area contributed by atoms with E-state index in [1.54, 1.807) is 49.4 Å². The molecule has 1 N–H and O–H groups in total. The topological polar surface area (TPSA) is 96.0 Å². The van der Waals surface area contributed by atoms with E-state index in [-0.39, 0.29) is 34.1 Å². The Morgan fingerprint density at radius 3 is 2.23 bits per heavy atom. The molecule has 0 saturated heterocycles. The van der Waals surface area contributed by atoms with Gasteiger partial charge in [-0.2, -0.15) is 0 Å². The molecule has 0 aromatic heterocycles. The van der Waals surface area contributed by atoms with Gasteiger partial charge in [0, 0.05) is 17.6 Å². The number of rotatable bonds is 11. The molecule has 3 rings (SSSR count). The maximum absolute atomic E-state index is 13.9. The van der Waals surface area contributed by atoms with Crippen LogP contribution >= 0.6 is 23.2 Å². The van der Waals surface area contributed by atoms with Crippen LogP contribution in [0.4, 0.5) is 5.69 Å². The lowest BCUT2D eigenvalue weighted by Gasteiger charge is -2.32. The summed E-state index contributed by atoms with van der Waals surface area (Å²) in [6, 6.07) is 18.1. The first-order valence-electron chi connectivity index (χ1n) is 12.2. The lowest BCUT2D eigenvalue weighted by molar-refractivity contribution is -0.139. The van der Waals surface area contributed by atoms with Crippen LogP contribution in [0.5, 0.6) is 5.75 Å². The van der Waals surface area contributed by atoms with Gasteiger partial charge in [0.15, 0.2) is 0 Å². The number of hydrogen-bond donors (Lipinski definition) is 1. The van der Waals surface area contributed by atoms with Gasteiger partial charge in [0.1, 0.15) is 18.3 Å². The van der Waals surface area contributed by atoms with Crippen LogP contribution in [0.15, 0.2) is 77.7 Å². The van der Waals surface area contributed by atoms with Gasteiger partial charge < -0.3 is 15.0 Å². The number of hydrogen-bond acceptors (Lipinski definition) is 5. The van der Waals surface area contributed by atoms with Gasteiger partial charge in [-0.3, -0.25) is 13.9 Å². The van der Waals surface area contributed by atoms with E-state index in [4.69, 9.17) is 27.9 Å². The monoisotopic (exact) mass is 591 g/mol. The van der Waals surface area contributed by atoms with Crippen molar-refractivity contribution < 1.29 is 22.7 Å². The van der Waals surface area contributed by atoms with E-state index in [0.717, 1.165) is 4.31 Å². The summed E-state index contributed by atoms with van der Waals surface area (Å²) in [6.45, 7) is 4.68. The summed E-state index contributed by atoms with van der Waals surface area (Å²) in [6.07, 6.45) is 0. The predicted octanol–water partition coefficient (Wildman–Crippen LogP) is 5.14. The number of halogens is 2. The van der Waals surface area contributed by atoms with Gasteiger partial charge in [-0.1, -0.05) is 53.5 Å². The number of methoxy groups -OCH3 is 1. The van der Waals surface area contributed by atoms with E-state index in [1.165, 1.54) is 42.3 Å². The Morgan fingerprint density at radius 2 is 1.64 bits per heavy atom. The van der Waals surface area contributed by atoms with Gasteiger partial charge in [0.05, 0.1) is 22.7 Å². The fourth-order valence-corrected chi connectivity index (χ4v) is 5.77. The van der Waals surface area contributed by atoms with Crippen LogP contribution in [0.25, 0.3) is 0 Å². The smallest absolute Gasteiger partial charge is 0.264 e. The minimum absolute atomic E-state index is 0.00303. The molecule has 0 fully saturated rings. The van der Waals surface area contributed by atoms with Crippen LogP contribution in [-0.2, 0) is 26.2 Å². The van der Waals surface area contributed by atoms with Gasteiger partial charge in [0.25, 0.3) is 10.0 Å². The number of carbonyl (C=O) groups excluding carboxylic acids is 2. The van der Waals surface area contributed by atoms with Crippen molar-refractivity contribution in [1.82, 2.24) is 10.2 Å². The molecule has 208 valence electrons. The Bertz CT molecular complexity index is 1420. The summed E-state index contributed by atoms with van der Waals surface area (Å²) in [4.78, 5) is 28.2. The van der Waals surface area contributed by atoms with Crippen LogP contribution in [0, 0.1) is 0 Å². The largest absolute Gasteiger partial charge is 0.495 e. The van der Waals surface area contributed by atoms with E-state index >= 15 is 0 Å². The molecule has 3 aromatic rings. The molecule has 11 heteroatoms. The minimum atomic E-state index is -4.20. The Morgan fingerprint density at radius 1 is 0.949 bits per heavy atom. The molecule has 0 heterocycles. The van der Waals surface area contributed by atoms with Crippen molar-refractivity contribution in [2.75, 3.05) is 18.0 Å². The number of nitrogens with zero attached hydrogens (tertiary/aromatic N) is 2. The molecule has 1 atom stereocenters. The molecule has 0 aliphatic heterocycles. The number of amides is 2. The van der Waals surface area contributed by atoms with Crippen LogP contribution in [0.3, 0.4) is 0 Å². The maximum atomic E-state index is 13.9. The Kier molecular flexibility index (Phi) is 10.2. The zero-order valence-corrected chi connectivity index (χ0v) is 24.4. The van der Waals surface area contributed by atoms with Crippen molar-refractivity contribution in [3.8, 4) is 5.75 Å². The maximum Gasteiger partial charge on any atom is 0.264 e. The molecule has 39 heavy (non-hydrogen) atoms. The summed E-state index contributed by atoms with van der Waals surface area (Å²) in [5.74, 6) is -0.608. The van der Waals surface area contributed by atoms with Gasteiger partial charge >= 0.3 is 0 Å². The second-order valence-electron chi connectivity index (χ2n) is 9.13. The number of benzene rings is 3. The number of anilines is 1. The first-order valence-corrected chi connectivity index (χ1v) is 14.4. The Hall–Kier alpha value is -3.27. The summed E-state index contributed by atoms with van der Waals surface area (Å²) < 4.78 is 33.8. The molecular weight excluding hydrogens is 561 g/mol. The lowest BCUT2D eigenvalue weighted by atomic mass is 10.1. The van der Waals surface area contributed by atoms with E-state index in [2.05, 4.69) is 5.32 Å². The van der Waals surface area contributed by atoms with Gasteiger partial charge in [-0.25, -0.2) is 8.42 Å². The second-order valence-corrected chi connectivity index (χ2v) is 11.8. The van der Waals surface area contributed by atoms with Crippen molar-refractivity contribution in [2.45, 2.75) is 44.3 Å². The summed E-state index contributed by atoms with van der Waals surface area (Å²) in [5.41, 5.74) is 0.852. The van der Waals surface area contributed by atoms with Crippen LogP contribution in [0.1, 0.15) is 26.3 Å². The van der Waals surface area contributed by atoms with Crippen LogP contribution in [-0.4, -0.2) is 50.9 Å². The number of ether oxygens (including phenoxy) is 1. The third-order valence-electron chi connectivity index (χ3n) is 5.87. The van der Waals surface area contributed by atoms with Crippen molar-refractivity contribution in [3.05, 3.63) is 88.4 Å². The highest BCUT2D eigenvalue weighted by Crippen LogP contribution is 2.32. The predicted molar refractivity (Wildman–Crippen MR) is 154 cm³/mol. The molecule has 3 aromatic carbocycles. The fraction of sp³-hybridized carbons (Fsp3) is 0.286. The van der Waals surface area contributed by atoms with Crippen LogP contribution in [0.2, 0.25) is 10.0 Å². The third-order valence-corrected chi connectivity index (χ3v) is 8.19. The second kappa shape index (κ2) is 13.2. The SMILES string of the molecule is COc1ccc(N(CC(=O)N(Cc2cccc(Cl)c2)[C@@H](C)C(=O)NC(C)C)S(=O)(=O)c2ccccc2)cc1Cl. The zero-order valence-electron chi connectivity index (χ0n) is 22.1. The molecule has 2 amide bonds. The highest BCUT2D eigenvalue weighted by Gasteiger charge is 2.33. The Balaban J connectivity index is 2.06. The quantitative estimate of drug-likeness (QED) is 0.333. The minimum Gasteiger partial charge on any atom is -0.495 e. The molecule has 0 radical (unpaired) electrons. The third kappa shape index (κ3) is 7.65. The van der Waals surface area contributed by atoms with E-state index in [1.807, 2.05) is 13.8 Å². The number of nitrogens with one attached hydrogen (secondary N) is 1. The van der Waals surface area contributed by atoms with Crippen molar-refractivity contribution >= 4 is 50.7 Å². The normalized spacial score (nSPS) is 12.1. The molecule has 0 aliphatic rings. The molecule has 0 unspecified atom stereocenters. The van der Waals surface area contributed by atoms with Crippen molar-refractivity contribution in [2.24, 2.45) is 0 Å². The standard InChI is InChI=1S/C28H31Cl2N3O5S/c1-19(2)31-28(35)20(3)32(17-21-9-8-10-22(29)15-21)27(34)18-33(23-13-14-26(38-4)25(30)16-23)39(36,37)24-11-6-5-7-12-24/h5-16,19-20H,17-18H2,1-4H3,(H,31,35)/t20-/m0/s1.